The minimum Gasteiger partial charge on any atom is -0.322 e. The van der Waals surface area contributed by atoms with E-state index in [1.165, 1.54) is 11.0 Å². The molecule has 130 valence electrons. The number of amides is 3. The van der Waals surface area contributed by atoms with Crippen LogP contribution in [0.15, 0.2) is 12.1 Å². The summed E-state index contributed by atoms with van der Waals surface area (Å²) in [6.07, 6.45) is 1.93. The third-order valence-electron chi connectivity index (χ3n) is 4.40. The number of nitriles is 1. The standard InChI is InChI=1S/C19H15N3O4/c20-10-12-8-13(4-2-1-3-7-23)15-11-22(19(26)14(15)9-12)16-5-6-17(24)21-18(16)25/h7-9,16H,1,3,5-6,11H2,(H,21,24,25). The zero-order valence-corrected chi connectivity index (χ0v) is 13.9. The van der Waals surface area contributed by atoms with Crippen molar-refractivity contribution in [3.05, 3.63) is 34.4 Å². The molecule has 2 aliphatic rings. The maximum absolute atomic E-state index is 12.8. The van der Waals surface area contributed by atoms with Gasteiger partial charge in [0.2, 0.25) is 11.8 Å². The fourth-order valence-corrected chi connectivity index (χ4v) is 3.13. The Labute approximate surface area is 150 Å². The topological polar surface area (TPSA) is 107 Å². The molecule has 3 amide bonds. The van der Waals surface area contributed by atoms with Crippen molar-refractivity contribution in [3.8, 4) is 17.9 Å². The highest BCUT2D eigenvalue weighted by Crippen LogP contribution is 2.30. The number of nitrogens with one attached hydrogen (secondary N) is 1. The number of piperidine rings is 1. The molecule has 1 aromatic rings. The summed E-state index contributed by atoms with van der Waals surface area (Å²) in [5.41, 5.74) is 1.88. The molecular weight excluding hydrogens is 334 g/mol. The third-order valence-corrected chi connectivity index (χ3v) is 4.40. The molecule has 7 nitrogen and oxygen atoms in total. The molecule has 1 atom stereocenters. The van der Waals surface area contributed by atoms with Gasteiger partial charge in [0.1, 0.15) is 12.3 Å². The lowest BCUT2D eigenvalue weighted by atomic mass is 10.00. The molecule has 3 rings (SSSR count). The van der Waals surface area contributed by atoms with Gasteiger partial charge in [-0.3, -0.25) is 19.7 Å². The van der Waals surface area contributed by atoms with Crippen LogP contribution in [0.3, 0.4) is 0 Å². The maximum atomic E-state index is 12.8. The highest BCUT2D eigenvalue weighted by atomic mass is 16.2. The molecule has 1 unspecified atom stereocenters. The molecule has 0 spiro atoms. The Hall–Kier alpha value is -3.45. The van der Waals surface area contributed by atoms with E-state index in [-0.39, 0.29) is 31.2 Å². The second-order valence-corrected chi connectivity index (χ2v) is 6.07. The van der Waals surface area contributed by atoms with E-state index >= 15 is 0 Å². The van der Waals surface area contributed by atoms with Crippen molar-refractivity contribution in [2.45, 2.75) is 38.3 Å². The number of benzene rings is 1. The summed E-state index contributed by atoms with van der Waals surface area (Å²) >= 11 is 0. The number of fused-ring (bicyclic) bond motifs is 1. The van der Waals surface area contributed by atoms with Crippen LogP contribution in [0.1, 0.15) is 52.7 Å². The van der Waals surface area contributed by atoms with Gasteiger partial charge in [0.15, 0.2) is 0 Å². The molecule has 1 saturated heterocycles. The number of hydrogen-bond donors (Lipinski definition) is 1. The van der Waals surface area contributed by atoms with Gasteiger partial charge in [0.25, 0.3) is 5.91 Å². The predicted molar refractivity (Wildman–Crippen MR) is 89.4 cm³/mol. The summed E-state index contributed by atoms with van der Waals surface area (Å²) in [4.78, 5) is 48.0. The van der Waals surface area contributed by atoms with Gasteiger partial charge in [-0.25, -0.2) is 0 Å². The van der Waals surface area contributed by atoms with E-state index < -0.39 is 11.9 Å². The number of aldehydes is 1. The summed E-state index contributed by atoms with van der Waals surface area (Å²) in [6, 6.07) is 4.40. The Morgan fingerprint density at radius 3 is 2.81 bits per heavy atom. The van der Waals surface area contributed by atoms with Crippen molar-refractivity contribution in [3.63, 3.8) is 0 Å². The van der Waals surface area contributed by atoms with Crippen LogP contribution in [0.25, 0.3) is 0 Å². The summed E-state index contributed by atoms with van der Waals surface area (Å²) in [7, 11) is 0. The van der Waals surface area contributed by atoms with Crippen molar-refractivity contribution in [2.24, 2.45) is 0 Å². The normalized spacial score (nSPS) is 18.5. The molecule has 0 saturated carbocycles. The average molecular weight is 349 g/mol. The van der Waals surface area contributed by atoms with Crippen LogP contribution < -0.4 is 5.32 Å². The zero-order valence-electron chi connectivity index (χ0n) is 13.9. The molecule has 1 N–H and O–H groups in total. The molecule has 26 heavy (non-hydrogen) atoms. The number of carbonyl (C=O) groups is 4. The summed E-state index contributed by atoms with van der Waals surface area (Å²) in [5.74, 6) is 4.61. The monoisotopic (exact) mass is 349 g/mol. The largest absolute Gasteiger partial charge is 0.322 e. The van der Waals surface area contributed by atoms with Crippen LogP contribution in [0.2, 0.25) is 0 Å². The number of carbonyl (C=O) groups excluding carboxylic acids is 4. The van der Waals surface area contributed by atoms with E-state index in [9.17, 15) is 24.4 Å². The number of nitrogens with zero attached hydrogens (tertiary/aromatic N) is 2. The van der Waals surface area contributed by atoms with E-state index in [1.54, 1.807) is 6.07 Å². The van der Waals surface area contributed by atoms with Crippen LogP contribution >= 0.6 is 0 Å². The Morgan fingerprint density at radius 1 is 1.31 bits per heavy atom. The fraction of sp³-hybridized carbons (Fsp3) is 0.316. The molecule has 0 aromatic heterocycles. The molecular formula is C19H15N3O4. The SMILES string of the molecule is N#Cc1cc(C#CCCC=O)c2c(c1)C(=O)N(C1CCC(=O)NC1=O)C2. The van der Waals surface area contributed by atoms with Crippen LogP contribution in [-0.4, -0.2) is 34.9 Å². The molecule has 1 fully saturated rings. The molecule has 2 heterocycles. The number of rotatable bonds is 3. The molecule has 2 aliphatic heterocycles. The van der Waals surface area contributed by atoms with E-state index in [0.717, 1.165) is 6.29 Å². The Bertz CT molecular complexity index is 917. The minimum atomic E-state index is -0.714. The average Bonchev–Trinajstić information content (AvgIpc) is 2.95. The molecule has 0 radical (unpaired) electrons. The highest BCUT2D eigenvalue weighted by Gasteiger charge is 2.40. The maximum Gasteiger partial charge on any atom is 0.255 e. The Balaban J connectivity index is 1.94. The Kier molecular flexibility index (Phi) is 4.81. The molecule has 7 heteroatoms. The fourth-order valence-electron chi connectivity index (χ4n) is 3.13. The van der Waals surface area contributed by atoms with Gasteiger partial charge in [0, 0.05) is 36.9 Å². The molecule has 0 bridgehead atoms. The second kappa shape index (κ2) is 7.20. The van der Waals surface area contributed by atoms with E-state index in [4.69, 9.17) is 0 Å². The lowest BCUT2D eigenvalue weighted by Crippen LogP contribution is -2.52. The summed E-state index contributed by atoms with van der Waals surface area (Å²) in [6.45, 7) is 0.198. The van der Waals surface area contributed by atoms with Gasteiger partial charge < -0.3 is 9.69 Å². The highest BCUT2D eigenvalue weighted by molar-refractivity contribution is 6.05. The van der Waals surface area contributed by atoms with Crippen LogP contribution in [0, 0.1) is 23.2 Å². The van der Waals surface area contributed by atoms with Gasteiger partial charge in [-0.2, -0.15) is 5.26 Å². The minimum absolute atomic E-state index is 0.179. The zero-order chi connectivity index (χ0) is 18.7. The van der Waals surface area contributed by atoms with Crippen molar-refractivity contribution >= 4 is 24.0 Å². The lowest BCUT2D eigenvalue weighted by Gasteiger charge is -2.29. The van der Waals surface area contributed by atoms with Crippen molar-refractivity contribution in [1.29, 1.82) is 5.26 Å². The van der Waals surface area contributed by atoms with Crippen LogP contribution in [-0.2, 0) is 20.9 Å². The number of imide groups is 1. The smallest absolute Gasteiger partial charge is 0.255 e. The van der Waals surface area contributed by atoms with E-state index in [1.807, 2.05) is 6.07 Å². The Morgan fingerprint density at radius 2 is 2.12 bits per heavy atom. The van der Waals surface area contributed by atoms with Gasteiger partial charge in [-0.15, -0.1) is 0 Å². The van der Waals surface area contributed by atoms with Gasteiger partial charge in [-0.1, -0.05) is 11.8 Å². The first-order chi connectivity index (χ1) is 12.5. The van der Waals surface area contributed by atoms with Crippen molar-refractivity contribution in [1.82, 2.24) is 10.2 Å². The summed E-state index contributed by atoms with van der Waals surface area (Å²) in [5, 5.41) is 11.5. The molecule has 0 aliphatic carbocycles. The van der Waals surface area contributed by atoms with Crippen molar-refractivity contribution in [2.75, 3.05) is 0 Å². The van der Waals surface area contributed by atoms with Gasteiger partial charge in [-0.05, 0) is 24.1 Å². The first kappa shape index (κ1) is 17.4. The first-order valence-electron chi connectivity index (χ1n) is 8.19. The van der Waals surface area contributed by atoms with Crippen LogP contribution in [0.5, 0.6) is 0 Å². The predicted octanol–water partition coefficient (Wildman–Crippen LogP) is 0.650. The van der Waals surface area contributed by atoms with E-state index in [0.29, 0.717) is 35.1 Å². The second-order valence-electron chi connectivity index (χ2n) is 6.07. The lowest BCUT2D eigenvalue weighted by molar-refractivity contribution is -0.136. The van der Waals surface area contributed by atoms with Gasteiger partial charge >= 0.3 is 0 Å². The van der Waals surface area contributed by atoms with E-state index in [2.05, 4.69) is 17.2 Å². The van der Waals surface area contributed by atoms with Gasteiger partial charge in [0.05, 0.1) is 11.6 Å². The third kappa shape index (κ3) is 3.20. The number of hydrogen-bond acceptors (Lipinski definition) is 5. The molecule has 1 aromatic carbocycles. The quantitative estimate of drug-likeness (QED) is 0.373. The first-order valence-corrected chi connectivity index (χ1v) is 8.19. The van der Waals surface area contributed by atoms with Crippen molar-refractivity contribution < 1.29 is 19.2 Å². The summed E-state index contributed by atoms with van der Waals surface area (Å²) < 4.78 is 0. The van der Waals surface area contributed by atoms with Crippen LogP contribution in [0.4, 0.5) is 0 Å². The number of unbranched alkanes of at least 4 members (excludes halogenated alkanes) is 1.